The first-order valence-corrected chi connectivity index (χ1v) is 4.87. The van der Waals surface area contributed by atoms with Gasteiger partial charge >= 0.3 is 11.9 Å². The topological polar surface area (TPSA) is 74.6 Å². The van der Waals surface area contributed by atoms with Crippen LogP contribution in [0, 0.1) is 18.3 Å². The van der Waals surface area contributed by atoms with E-state index in [4.69, 9.17) is 10.2 Å². The average Bonchev–Trinajstić information content (AvgIpc) is 2.15. The Kier molecular flexibility index (Phi) is 3.92. The van der Waals surface area contributed by atoms with E-state index in [0.29, 0.717) is 12.8 Å². The predicted octanol–water partition coefficient (Wildman–Crippen LogP) is 1.56. The van der Waals surface area contributed by atoms with E-state index < -0.39 is 11.9 Å². The van der Waals surface area contributed by atoms with Gasteiger partial charge in [-0.25, -0.2) is 0 Å². The molecule has 1 fully saturated rings. The molecule has 2 N–H and O–H groups in total. The van der Waals surface area contributed by atoms with Gasteiger partial charge in [0.15, 0.2) is 0 Å². The minimum Gasteiger partial charge on any atom is -0.481 e. The Morgan fingerprint density at radius 2 is 2.07 bits per heavy atom. The lowest BCUT2D eigenvalue weighted by Crippen LogP contribution is -2.27. The molecule has 0 bridgehead atoms. The first kappa shape index (κ1) is 11.0. The number of rotatable bonds is 4. The second-order valence-electron chi connectivity index (χ2n) is 3.74. The molecule has 1 radical (unpaired) electrons. The highest BCUT2D eigenvalue weighted by Crippen LogP contribution is 2.32. The molecular formula is C10H15O4. The Morgan fingerprint density at radius 3 is 2.64 bits per heavy atom. The van der Waals surface area contributed by atoms with Gasteiger partial charge in [0, 0.05) is 6.42 Å². The van der Waals surface area contributed by atoms with Gasteiger partial charge in [0.05, 0.1) is 5.92 Å². The summed E-state index contributed by atoms with van der Waals surface area (Å²) in [6.45, 7) is 0. The van der Waals surface area contributed by atoms with Crippen molar-refractivity contribution in [2.45, 2.75) is 32.1 Å². The van der Waals surface area contributed by atoms with E-state index in [1.54, 1.807) is 0 Å². The van der Waals surface area contributed by atoms with Crippen molar-refractivity contribution in [3.05, 3.63) is 6.42 Å². The lowest BCUT2D eigenvalue weighted by atomic mass is 9.77. The molecule has 0 aromatic heterocycles. The van der Waals surface area contributed by atoms with Gasteiger partial charge in [-0.2, -0.15) is 0 Å². The number of carboxylic acids is 2. The molecular weight excluding hydrogens is 184 g/mol. The third-order valence-electron chi connectivity index (χ3n) is 2.78. The highest BCUT2D eigenvalue weighted by molar-refractivity contribution is 5.71. The molecule has 0 aromatic carbocycles. The molecule has 0 saturated heterocycles. The zero-order valence-electron chi connectivity index (χ0n) is 7.98. The fourth-order valence-corrected chi connectivity index (χ4v) is 1.98. The number of carbonyl (C=O) groups is 2. The molecule has 0 spiro atoms. The van der Waals surface area contributed by atoms with Gasteiger partial charge in [-0.1, -0.05) is 0 Å². The summed E-state index contributed by atoms with van der Waals surface area (Å²) < 4.78 is 0. The second-order valence-corrected chi connectivity index (χ2v) is 3.74. The average molecular weight is 199 g/mol. The molecule has 0 heterocycles. The zero-order chi connectivity index (χ0) is 10.6. The van der Waals surface area contributed by atoms with Crippen molar-refractivity contribution in [2.75, 3.05) is 0 Å². The molecule has 1 rings (SSSR count). The minimum absolute atomic E-state index is 0.0357. The van der Waals surface area contributed by atoms with Crippen LogP contribution < -0.4 is 0 Å². The third-order valence-corrected chi connectivity index (χ3v) is 2.78. The fourth-order valence-electron chi connectivity index (χ4n) is 1.98. The van der Waals surface area contributed by atoms with Gasteiger partial charge in [-0.3, -0.25) is 9.59 Å². The minimum atomic E-state index is -0.844. The first-order chi connectivity index (χ1) is 6.61. The van der Waals surface area contributed by atoms with Gasteiger partial charge in [0.1, 0.15) is 0 Å². The van der Waals surface area contributed by atoms with Gasteiger partial charge in [0.2, 0.25) is 0 Å². The molecule has 4 heteroatoms. The van der Waals surface area contributed by atoms with E-state index in [-0.39, 0.29) is 18.3 Å². The van der Waals surface area contributed by atoms with Gasteiger partial charge < -0.3 is 10.2 Å². The summed E-state index contributed by atoms with van der Waals surface area (Å²) in [4.78, 5) is 21.2. The van der Waals surface area contributed by atoms with Crippen molar-refractivity contribution < 1.29 is 19.8 Å². The van der Waals surface area contributed by atoms with Crippen molar-refractivity contribution in [2.24, 2.45) is 11.8 Å². The van der Waals surface area contributed by atoms with E-state index in [2.05, 4.69) is 0 Å². The van der Waals surface area contributed by atoms with Crippen molar-refractivity contribution in [3.8, 4) is 0 Å². The van der Waals surface area contributed by atoms with Crippen LogP contribution in [0.25, 0.3) is 0 Å². The van der Waals surface area contributed by atoms with E-state index >= 15 is 0 Å². The van der Waals surface area contributed by atoms with Gasteiger partial charge in [-0.15, -0.1) is 0 Å². The Hall–Kier alpha value is -1.06. The molecule has 14 heavy (non-hydrogen) atoms. The van der Waals surface area contributed by atoms with Crippen LogP contribution in [0.5, 0.6) is 0 Å². The van der Waals surface area contributed by atoms with Crippen molar-refractivity contribution in [3.63, 3.8) is 0 Å². The lowest BCUT2D eigenvalue weighted by molar-refractivity contribution is -0.145. The van der Waals surface area contributed by atoms with Crippen molar-refractivity contribution >= 4 is 11.9 Å². The van der Waals surface area contributed by atoms with Crippen molar-refractivity contribution in [1.82, 2.24) is 0 Å². The van der Waals surface area contributed by atoms with Crippen molar-refractivity contribution in [1.29, 1.82) is 0 Å². The quantitative estimate of drug-likeness (QED) is 0.720. The number of carboxylic acid groups (broad SMARTS) is 2. The Balaban J connectivity index is 2.45. The normalized spacial score (nSPS) is 27.1. The summed E-state index contributed by atoms with van der Waals surface area (Å²) in [5, 5.41) is 17.4. The standard InChI is InChI=1S/C10H15O4/c11-9(12)6-5-7-3-1-2-4-8(7)10(13)14/h2,7-8H,1,3-6H2,(H,11,12)(H,13,14). The fraction of sp³-hybridized carbons (Fsp3) is 0.700. The van der Waals surface area contributed by atoms with Crippen LogP contribution in [0.15, 0.2) is 0 Å². The van der Waals surface area contributed by atoms with E-state index in [1.807, 2.05) is 6.42 Å². The Labute approximate surface area is 82.9 Å². The Bertz CT molecular complexity index is 224. The van der Waals surface area contributed by atoms with Crippen LogP contribution >= 0.6 is 0 Å². The molecule has 4 nitrogen and oxygen atoms in total. The van der Waals surface area contributed by atoms with Crippen LogP contribution in [0.2, 0.25) is 0 Å². The summed E-state index contributed by atoms with van der Waals surface area (Å²) in [5.41, 5.74) is 0. The van der Waals surface area contributed by atoms with Crippen LogP contribution in [0.4, 0.5) is 0 Å². The monoisotopic (exact) mass is 199 g/mol. The summed E-state index contributed by atoms with van der Waals surface area (Å²) in [7, 11) is 0. The Morgan fingerprint density at radius 1 is 1.36 bits per heavy atom. The maximum atomic E-state index is 10.8. The summed E-state index contributed by atoms with van der Waals surface area (Å²) >= 11 is 0. The highest BCUT2D eigenvalue weighted by Gasteiger charge is 2.30. The number of hydrogen-bond donors (Lipinski definition) is 2. The summed E-state index contributed by atoms with van der Waals surface area (Å²) in [6, 6.07) is 0. The third kappa shape index (κ3) is 3.01. The van der Waals surface area contributed by atoms with Crippen LogP contribution in [0.1, 0.15) is 32.1 Å². The summed E-state index contributed by atoms with van der Waals surface area (Å²) in [5.74, 6) is -1.98. The smallest absolute Gasteiger partial charge is 0.306 e. The molecule has 79 valence electrons. The molecule has 0 aromatic rings. The lowest BCUT2D eigenvalue weighted by Gasteiger charge is -2.27. The van der Waals surface area contributed by atoms with Gasteiger partial charge in [-0.05, 0) is 38.0 Å². The zero-order valence-corrected chi connectivity index (χ0v) is 7.98. The molecule has 1 aliphatic carbocycles. The highest BCUT2D eigenvalue weighted by atomic mass is 16.4. The number of hydrogen-bond acceptors (Lipinski definition) is 2. The predicted molar refractivity (Wildman–Crippen MR) is 49.6 cm³/mol. The molecule has 2 unspecified atom stereocenters. The van der Waals surface area contributed by atoms with E-state index in [0.717, 1.165) is 12.8 Å². The van der Waals surface area contributed by atoms with E-state index in [9.17, 15) is 9.59 Å². The largest absolute Gasteiger partial charge is 0.481 e. The SMILES string of the molecule is O=C(O)CCC1CC[CH]CC1C(=O)O. The van der Waals surface area contributed by atoms with Gasteiger partial charge in [0.25, 0.3) is 0 Å². The number of aliphatic carboxylic acids is 2. The van der Waals surface area contributed by atoms with Crippen LogP contribution in [-0.2, 0) is 9.59 Å². The molecule has 1 saturated carbocycles. The maximum absolute atomic E-state index is 10.8. The molecule has 2 atom stereocenters. The van der Waals surface area contributed by atoms with Crippen LogP contribution in [-0.4, -0.2) is 22.2 Å². The molecule has 0 aliphatic heterocycles. The second kappa shape index (κ2) is 4.98. The molecule has 1 aliphatic rings. The van der Waals surface area contributed by atoms with Crippen LogP contribution in [0.3, 0.4) is 0 Å². The summed E-state index contributed by atoms with van der Waals surface area (Å²) in [6.07, 6.45) is 4.85. The van der Waals surface area contributed by atoms with E-state index in [1.165, 1.54) is 0 Å². The first-order valence-electron chi connectivity index (χ1n) is 4.87. The molecule has 0 amide bonds. The maximum Gasteiger partial charge on any atom is 0.306 e.